The molecular formula is C13H20N2O3S. The van der Waals surface area contributed by atoms with Crippen LogP contribution in [0.5, 0.6) is 0 Å². The molecule has 0 aliphatic carbocycles. The molecule has 2 N–H and O–H groups in total. The van der Waals surface area contributed by atoms with Gasteiger partial charge in [-0.15, -0.1) is 11.8 Å². The molecule has 0 aliphatic rings. The van der Waals surface area contributed by atoms with Gasteiger partial charge >= 0.3 is 5.97 Å². The van der Waals surface area contributed by atoms with Crippen LogP contribution in [-0.4, -0.2) is 37.5 Å². The summed E-state index contributed by atoms with van der Waals surface area (Å²) in [7, 11) is 0. The van der Waals surface area contributed by atoms with Crippen molar-refractivity contribution in [1.29, 1.82) is 0 Å². The second-order valence-corrected chi connectivity index (χ2v) is 5.53. The van der Waals surface area contributed by atoms with Crippen molar-refractivity contribution in [2.45, 2.75) is 51.2 Å². The smallest absolute Gasteiger partial charge is 0.340 e. The number of carboxylic acids is 1. The Hall–Kier alpha value is -1.14. The number of rotatable bonds is 6. The molecule has 0 saturated heterocycles. The predicted molar refractivity (Wildman–Crippen MR) is 74.7 cm³/mol. The van der Waals surface area contributed by atoms with E-state index in [1.54, 1.807) is 13.8 Å². The van der Waals surface area contributed by atoms with Crippen LogP contribution in [0.2, 0.25) is 0 Å². The van der Waals surface area contributed by atoms with Crippen molar-refractivity contribution in [2.75, 3.05) is 5.75 Å². The number of aryl methyl sites for hydroxylation is 2. The lowest BCUT2D eigenvalue weighted by Crippen LogP contribution is -2.29. The highest BCUT2D eigenvalue weighted by Crippen LogP contribution is 2.28. The number of carboxylic acid groups (broad SMARTS) is 1. The molecular weight excluding hydrogens is 264 g/mol. The minimum Gasteiger partial charge on any atom is -0.478 e. The van der Waals surface area contributed by atoms with Crippen molar-refractivity contribution < 1.29 is 15.0 Å². The molecule has 19 heavy (non-hydrogen) atoms. The number of aromatic nitrogens is 2. The van der Waals surface area contributed by atoms with Gasteiger partial charge in [0.05, 0.1) is 11.3 Å². The van der Waals surface area contributed by atoms with Gasteiger partial charge in [0.1, 0.15) is 16.4 Å². The minimum atomic E-state index is -1.03. The molecule has 1 heterocycles. The summed E-state index contributed by atoms with van der Waals surface area (Å²) < 4.78 is 0. The second kappa shape index (κ2) is 6.34. The molecule has 0 amide bonds. The van der Waals surface area contributed by atoms with E-state index in [1.807, 2.05) is 13.8 Å². The highest BCUT2D eigenvalue weighted by Gasteiger charge is 2.25. The lowest BCUT2D eigenvalue weighted by molar-refractivity contribution is 0.0570. The molecule has 5 nitrogen and oxygen atoms in total. The lowest BCUT2D eigenvalue weighted by Gasteiger charge is -2.24. The molecule has 0 radical (unpaired) electrons. The van der Waals surface area contributed by atoms with E-state index in [0.29, 0.717) is 35.1 Å². The van der Waals surface area contributed by atoms with E-state index in [-0.39, 0.29) is 5.56 Å². The highest BCUT2D eigenvalue weighted by molar-refractivity contribution is 7.99. The maximum Gasteiger partial charge on any atom is 0.340 e. The summed E-state index contributed by atoms with van der Waals surface area (Å²) in [5.41, 5.74) is -0.197. The van der Waals surface area contributed by atoms with Crippen LogP contribution in [0.15, 0.2) is 5.03 Å². The average molecular weight is 284 g/mol. The van der Waals surface area contributed by atoms with Gasteiger partial charge in [-0.3, -0.25) is 0 Å². The molecule has 0 atom stereocenters. The van der Waals surface area contributed by atoms with Crippen molar-refractivity contribution in [3.63, 3.8) is 0 Å². The van der Waals surface area contributed by atoms with Crippen LogP contribution in [0.25, 0.3) is 0 Å². The second-order valence-electron chi connectivity index (χ2n) is 4.56. The maximum atomic E-state index is 11.3. The Kier molecular flexibility index (Phi) is 5.31. The van der Waals surface area contributed by atoms with Crippen LogP contribution in [0.4, 0.5) is 0 Å². The number of hydrogen-bond acceptors (Lipinski definition) is 5. The zero-order valence-electron chi connectivity index (χ0n) is 11.7. The molecule has 1 aromatic heterocycles. The third-order valence-corrected chi connectivity index (χ3v) is 4.43. The molecule has 106 valence electrons. The van der Waals surface area contributed by atoms with E-state index in [2.05, 4.69) is 9.97 Å². The highest BCUT2D eigenvalue weighted by atomic mass is 32.2. The Bertz CT molecular complexity index is 473. The third-order valence-electron chi connectivity index (χ3n) is 3.18. The van der Waals surface area contributed by atoms with Gasteiger partial charge in [-0.25, -0.2) is 14.8 Å². The van der Waals surface area contributed by atoms with Gasteiger partial charge in [0, 0.05) is 5.75 Å². The fourth-order valence-electron chi connectivity index (χ4n) is 1.69. The topological polar surface area (TPSA) is 83.3 Å². The van der Waals surface area contributed by atoms with Crippen molar-refractivity contribution >= 4 is 17.7 Å². The first-order valence-corrected chi connectivity index (χ1v) is 7.25. The first-order valence-electron chi connectivity index (χ1n) is 6.26. The monoisotopic (exact) mass is 284 g/mol. The number of carbonyl (C=O) groups is 1. The number of thioether (sulfide) groups is 1. The van der Waals surface area contributed by atoms with E-state index >= 15 is 0 Å². The number of aromatic carboxylic acids is 1. The quantitative estimate of drug-likeness (QED) is 0.616. The van der Waals surface area contributed by atoms with Gasteiger partial charge < -0.3 is 10.2 Å². The van der Waals surface area contributed by atoms with Crippen LogP contribution in [0.3, 0.4) is 0 Å². The van der Waals surface area contributed by atoms with Gasteiger partial charge in [0.15, 0.2) is 0 Å². The summed E-state index contributed by atoms with van der Waals surface area (Å²) >= 11 is 1.28. The molecule has 0 fully saturated rings. The van der Waals surface area contributed by atoms with Crippen molar-refractivity contribution in [2.24, 2.45) is 0 Å². The summed E-state index contributed by atoms with van der Waals surface area (Å²) in [6, 6.07) is 0. The van der Waals surface area contributed by atoms with E-state index in [0.717, 1.165) is 0 Å². The Balaban J connectivity index is 3.04. The van der Waals surface area contributed by atoms with Gasteiger partial charge in [0.25, 0.3) is 0 Å². The first-order chi connectivity index (χ1) is 8.83. The van der Waals surface area contributed by atoms with Gasteiger partial charge in [-0.2, -0.15) is 0 Å². The Labute approximate surface area is 117 Å². The maximum absolute atomic E-state index is 11.3. The van der Waals surface area contributed by atoms with Crippen LogP contribution in [-0.2, 0) is 0 Å². The molecule has 1 rings (SSSR count). The van der Waals surface area contributed by atoms with Gasteiger partial charge in [0.2, 0.25) is 0 Å². The zero-order valence-corrected chi connectivity index (χ0v) is 12.5. The fourth-order valence-corrected chi connectivity index (χ4v) is 3.08. The number of hydrogen-bond donors (Lipinski definition) is 2. The summed E-state index contributed by atoms with van der Waals surface area (Å²) in [5, 5.41) is 19.9. The molecule has 0 aliphatic heterocycles. The van der Waals surface area contributed by atoms with Crippen molar-refractivity contribution in [1.82, 2.24) is 9.97 Å². The molecule has 1 aromatic rings. The number of nitrogens with zero attached hydrogens (tertiary/aromatic N) is 2. The molecule has 0 unspecified atom stereocenters. The van der Waals surface area contributed by atoms with Gasteiger partial charge in [-0.1, -0.05) is 13.8 Å². The summed E-state index contributed by atoms with van der Waals surface area (Å²) in [5.74, 6) is -0.0611. The minimum absolute atomic E-state index is 0.130. The molecule has 0 bridgehead atoms. The van der Waals surface area contributed by atoms with Crippen molar-refractivity contribution in [3.05, 3.63) is 17.1 Å². The van der Waals surface area contributed by atoms with E-state index in [9.17, 15) is 15.0 Å². The Morgan fingerprint density at radius 3 is 2.32 bits per heavy atom. The molecule has 0 aromatic carbocycles. The van der Waals surface area contributed by atoms with Crippen LogP contribution in [0.1, 0.15) is 48.6 Å². The zero-order chi connectivity index (χ0) is 14.6. The molecule has 6 heteroatoms. The third kappa shape index (κ3) is 3.91. The summed E-state index contributed by atoms with van der Waals surface area (Å²) in [4.78, 5) is 19.5. The van der Waals surface area contributed by atoms with E-state index in [1.165, 1.54) is 11.8 Å². The first kappa shape index (κ1) is 15.9. The Morgan fingerprint density at radius 1 is 1.26 bits per heavy atom. The lowest BCUT2D eigenvalue weighted by atomic mass is 10.0. The predicted octanol–water partition coefficient (Wildman–Crippen LogP) is 2.43. The summed E-state index contributed by atoms with van der Waals surface area (Å²) in [6.45, 7) is 7.22. The SMILES string of the molecule is CCC(O)(CC)CSc1nc(C)nc(C)c1C(=O)O. The Morgan fingerprint density at radius 2 is 1.84 bits per heavy atom. The van der Waals surface area contributed by atoms with Crippen LogP contribution in [0, 0.1) is 13.8 Å². The summed E-state index contributed by atoms with van der Waals surface area (Å²) in [6.07, 6.45) is 1.25. The molecule has 0 saturated carbocycles. The average Bonchev–Trinajstić information content (AvgIpc) is 2.34. The normalized spacial score (nSPS) is 11.6. The van der Waals surface area contributed by atoms with E-state index in [4.69, 9.17) is 0 Å². The fraction of sp³-hybridized carbons (Fsp3) is 0.615. The van der Waals surface area contributed by atoms with Gasteiger partial charge in [-0.05, 0) is 26.7 Å². The van der Waals surface area contributed by atoms with Crippen LogP contribution >= 0.6 is 11.8 Å². The standard InChI is InChI=1S/C13H20N2O3S/c1-5-13(18,6-2)7-19-11-10(12(16)17)8(3)14-9(4)15-11/h18H,5-7H2,1-4H3,(H,16,17). The number of aliphatic hydroxyl groups is 1. The molecule has 0 spiro atoms. The van der Waals surface area contributed by atoms with E-state index < -0.39 is 11.6 Å². The largest absolute Gasteiger partial charge is 0.478 e. The van der Waals surface area contributed by atoms with Crippen LogP contribution < -0.4 is 0 Å². The van der Waals surface area contributed by atoms with Crippen molar-refractivity contribution in [3.8, 4) is 0 Å².